The van der Waals surface area contributed by atoms with Crippen molar-refractivity contribution in [1.29, 1.82) is 0 Å². The van der Waals surface area contributed by atoms with Crippen LogP contribution < -0.4 is 0 Å². The van der Waals surface area contributed by atoms with Crippen LogP contribution in [0.3, 0.4) is 0 Å². The first-order chi connectivity index (χ1) is 10.5. The molecule has 22 heavy (non-hydrogen) atoms. The zero-order valence-electron chi connectivity index (χ0n) is 13.2. The summed E-state index contributed by atoms with van der Waals surface area (Å²) in [6.07, 6.45) is 0.524. The molecule has 0 radical (unpaired) electrons. The summed E-state index contributed by atoms with van der Waals surface area (Å²) >= 11 is 2.89. The second-order valence-corrected chi connectivity index (χ2v) is 7.12. The van der Waals surface area contributed by atoms with Gasteiger partial charge in [-0.05, 0) is 27.7 Å². The van der Waals surface area contributed by atoms with E-state index in [-0.39, 0.29) is 11.2 Å². The van der Waals surface area contributed by atoms with Crippen molar-refractivity contribution >= 4 is 29.0 Å². The molecule has 2 rings (SSSR count). The average Bonchev–Trinajstić information content (AvgIpc) is 3.09. The third-order valence-electron chi connectivity index (χ3n) is 3.15. The number of carbonyl (C=O) groups is 1. The zero-order chi connectivity index (χ0) is 16.1. The molecule has 2 aromatic heterocycles. The fraction of sp³-hybridized carbons (Fsp3) is 0.571. The Labute approximate surface area is 138 Å². The third kappa shape index (κ3) is 4.30. The van der Waals surface area contributed by atoms with E-state index in [0.717, 1.165) is 10.7 Å². The molecule has 1 atom stereocenters. The van der Waals surface area contributed by atoms with Gasteiger partial charge in [0.15, 0.2) is 0 Å². The fourth-order valence-electron chi connectivity index (χ4n) is 2.00. The average molecular weight is 340 g/mol. The maximum absolute atomic E-state index is 12.2. The maximum Gasteiger partial charge on any atom is 0.277 e. The molecule has 120 valence electrons. The zero-order valence-corrected chi connectivity index (χ0v) is 14.8. The van der Waals surface area contributed by atoms with Gasteiger partial charge < -0.3 is 9.32 Å². The minimum atomic E-state index is -0.241. The lowest BCUT2D eigenvalue weighted by atomic mass is 10.3. The Hall–Kier alpha value is -1.41. The van der Waals surface area contributed by atoms with Crippen molar-refractivity contribution in [2.24, 2.45) is 0 Å². The molecule has 8 heteroatoms. The van der Waals surface area contributed by atoms with Gasteiger partial charge in [-0.15, -0.1) is 21.5 Å². The van der Waals surface area contributed by atoms with E-state index < -0.39 is 0 Å². The topological polar surface area (TPSA) is 72.1 Å². The quantitative estimate of drug-likeness (QED) is 0.722. The molecular weight excluding hydrogens is 320 g/mol. The van der Waals surface area contributed by atoms with Gasteiger partial charge in [-0.2, -0.15) is 0 Å². The minimum Gasteiger partial charge on any atom is -0.416 e. The molecule has 1 unspecified atom stereocenters. The standard InChI is InChI=1S/C14H20N4O2S2/c1-5-18(6-2)13(19)9(3)22-14-17-16-12(20-14)7-11-8-21-10(4)15-11/h8-9H,5-7H2,1-4H3. The van der Waals surface area contributed by atoms with Crippen molar-refractivity contribution in [3.05, 3.63) is 22.0 Å². The number of thiazole rings is 1. The van der Waals surface area contributed by atoms with Crippen molar-refractivity contribution in [3.8, 4) is 0 Å². The number of aromatic nitrogens is 3. The first kappa shape index (κ1) is 17.0. The van der Waals surface area contributed by atoms with Crippen LogP contribution in [-0.4, -0.2) is 44.3 Å². The summed E-state index contributed by atoms with van der Waals surface area (Å²) in [4.78, 5) is 18.4. The summed E-state index contributed by atoms with van der Waals surface area (Å²) in [6, 6.07) is 0. The van der Waals surface area contributed by atoms with E-state index in [2.05, 4.69) is 15.2 Å². The molecule has 0 aromatic carbocycles. The molecule has 0 bridgehead atoms. The lowest BCUT2D eigenvalue weighted by Gasteiger charge is -2.21. The van der Waals surface area contributed by atoms with Crippen molar-refractivity contribution in [3.63, 3.8) is 0 Å². The summed E-state index contributed by atoms with van der Waals surface area (Å²) < 4.78 is 5.60. The smallest absolute Gasteiger partial charge is 0.277 e. The predicted molar refractivity (Wildman–Crippen MR) is 87.2 cm³/mol. The fourth-order valence-corrected chi connectivity index (χ4v) is 3.39. The van der Waals surface area contributed by atoms with Crippen LogP contribution in [0.4, 0.5) is 0 Å². The molecule has 0 aliphatic carbocycles. The van der Waals surface area contributed by atoms with Crippen LogP contribution in [0.15, 0.2) is 15.0 Å². The lowest BCUT2D eigenvalue weighted by molar-refractivity contribution is -0.129. The Morgan fingerprint density at radius 3 is 2.73 bits per heavy atom. The number of hydrogen-bond donors (Lipinski definition) is 0. The van der Waals surface area contributed by atoms with Gasteiger partial charge in [-0.1, -0.05) is 11.8 Å². The summed E-state index contributed by atoms with van der Waals surface area (Å²) in [5.74, 6) is 0.611. The van der Waals surface area contributed by atoms with Gasteiger partial charge in [0.25, 0.3) is 5.22 Å². The van der Waals surface area contributed by atoms with Gasteiger partial charge in [0, 0.05) is 18.5 Å². The van der Waals surface area contributed by atoms with Crippen molar-refractivity contribution < 1.29 is 9.21 Å². The molecule has 0 saturated heterocycles. The van der Waals surface area contributed by atoms with Crippen LogP contribution in [0.25, 0.3) is 0 Å². The molecule has 1 amide bonds. The highest BCUT2D eigenvalue weighted by Crippen LogP contribution is 2.24. The van der Waals surface area contributed by atoms with Gasteiger partial charge >= 0.3 is 0 Å². The van der Waals surface area contributed by atoms with Gasteiger partial charge in [-0.3, -0.25) is 4.79 Å². The Balaban J connectivity index is 1.95. The van der Waals surface area contributed by atoms with Crippen LogP contribution in [0.2, 0.25) is 0 Å². The number of nitrogens with zero attached hydrogens (tertiary/aromatic N) is 4. The van der Waals surface area contributed by atoms with Gasteiger partial charge in [0.05, 0.1) is 22.4 Å². The highest BCUT2D eigenvalue weighted by Gasteiger charge is 2.22. The van der Waals surface area contributed by atoms with E-state index in [1.165, 1.54) is 11.8 Å². The highest BCUT2D eigenvalue weighted by atomic mass is 32.2. The summed E-state index contributed by atoms with van der Waals surface area (Å²) in [7, 11) is 0. The maximum atomic E-state index is 12.2. The third-order valence-corrected chi connectivity index (χ3v) is 4.89. The lowest BCUT2D eigenvalue weighted by Crippen LogP contribution is -2.36. The molecule has 0 N–H and O–H groups in total. The molecule has 0 saturated carbocycles. The van der Waals surface area contributed by atoms with Crippen LogP contribution in [-0.2, 0) is 11.2 Å². The van der Waals surface area contributed by atoms with Gasteiger partial charge in [-0.25, -0.2) is 4.98 Å². The second kappa shape index (κ2) is 7.73. The molecule has 2 aromatic rings. The van der Waals surface area contributed by atoms with Crippen LogP contribution in [0, 0.1) is 6.92 Å². The van der Waals surface area contributed by atoms with E-state index in [1.807, 2.05) is 33.1 Å². The largest absolute Gasteiger partial charge is 0.416 e. The summed E-state index contributed by atoms with van der Waals surface area (Å²) in [6.45, 7) is 9.18. The van der Waals surface area contributed by atoms with E-state index in [1.54, 1.807) is 16.2 Å². The van der Waals surface area contributed by atoms with Crippen molar-refractivity contribution in [1.82, 2.24) is 20.1 Å². The second-order valence-electron chi connectivity index (χ2n) is 4.77. The minimum absolute atomic E-state index is 0.0878. The first-order valence-electron chi connectivity index (χ1n) is 7.22. The number of thioether (sulfide) groups is 1. The Morgan fingerprint density at radius 1 is 1.41 bits per heavy atom. The molecule has 2 heterocycles. The molecule has 0 aliphatic rings. The van der Waals surface area contributed by atoms with E-state index in [4.69, 9.17) is 4.42 Å². The first-order valence-corrected chi connectivity index (χ1v) is 8.98. The number of amides is 1. The van der Waals surface area contributed by atoms with Crippen molar-refractivity contribution in [2.75, 3.05) is 13.1 Å². The summed E-state index contributed by atoms with van der Waals surface area (Å²) in [5.41, 5.74) is 0.926. The van der Waals surface area contributed by atoms with E-state index >= 15 is 0 Å². The molecule has 6 nitrogen and oxygen atoms in total. The monoisotopic (exact) mass is 340 g/mol. The molecular formula is C14H20N4O2S2. The number of carbonyl (C=O) groups excluding carboxylic acids is 1. The predicted octanol–water partition coefficient (Wildman–Crippen LogP) is 2.77. The number of aryl methyl sites for hydroxylation is 1. The Kier molecular flexibility index (Phi) is 5.96. The van der Waals surface area contributed by atoms with Gasteiger partial charge in [0.1, 0.15) is 0 Å². The number of rotatable bonds is 7. The SMILES string of the molecule is CCN(CC)C(=O)C(C)Sc1nnc(Cc2csc(C)n2)o1. The Bertz CT molecular complexity index is 622. The number of hydrogen-bond acceptors (Lipinski definition) is 7. The van der Waals surface area contributed by atoms with Crippen LogP contribution in [0.1, 0.15) is 37.4 Å². The highest BCUT2D eigenvalue weighted by molar-refractivity contribution is 8.00. The molecule has 0 spiro atoms. The molecule has 0 aliphatic heterocycles. The Morgan fingerprint density at radius 2 is 2.14 bits per heavy atom. The van der Waals surface area contributed by atoms with E-state index in [0.29, 0.717) is 30.6 Å². The van der Waals surface area contributed by atoms with E-state index in [9.17, 15) is 4.79 Å². The van der Waals surface area contributed by atoms with Crippen LogP contribution in [0.5, 0.6) is 0 Å². The van der Waals surface area contributed by atoms with Crippen molar-refractivity contribution in [2.45, 2.75) is 44.6 Å². The summed E-state index contributed by atoms with van der Waals surface area (Å²) in [5, 5.41) is 11.2. The van der Waals surface area contributed by atoms with Gasteiger partial charge in [0.2, 0.25) is 11.8 Å². The normalized spacial score (nSPS) is 12.4. The molecule has 0 fully saturated rings. The van der Waals surface area contributed by atoms with Crippen LogP contribution >= 0.6 is 23.1 Å².